The number of halogens is 1. The van der Waals surface area contributed by atoms with E-state index in [1.807, 2.05) is 19.1 Å². The van der Waals surface area contributed by atoms with Crippen molar-refractivity contribution >= 4 is 23.6 Å². The molecule has 3 unspecified atom stereocenters. The molecule has 2 amide bonds. The van der Waals surface area contributed by atoms with E-state index >= 15 is 0 Å². The highest BCUT2D eigenvalue weighted by molar-refractivity contribution is 6.30. The molecule has 0 saturated heterocycles. The molecule has 1 aromatic rings. The van der Waals surface area contributed by atoms with Crippen LogP contribution in [-0.4, -0.2) is 23.1 Å². The Morgan fingerprint density at radius 3 is 2.52 bits per heavy atom. The first-order valence-electron chi connectivity index (χ1n) is 6.69. The lowest BCUT2D eigenvalue weighted by atomic mass is 10.1. The number of hydrogen-bond acceptors (Lipinski definition) is 2. The van der Waals surface area contributed by atoms with E-state index in [2.05, 4.69) is 10.6 Å². The van der Waals surface area contributed by atoms with Gasteiger partial charge in [-0.3, -0.25) is 4.79 Å². The summed E-state index contributed by atoms with van der Waals surface area (Å²) in [5, 5.41) is 15.1. The van der Waals surface area contributed by atoms with E-state index in [-0.39, 0.29) is 18.1 Å². The molecule has 0 fully saturated rings. The van der Waals surface area contributed by atoms with Gasteiger partial charge in [0.05, 0.1) is 18.0 Å². The number of carboxylic acid groups (broad SMARTS) is 1. The first kappa shape index (κ1) is 15.4. The smallest absolute Gasteiger partial charge is 0.315 e. The molecule has 3 N–H and O–H groups in total. The van der Waals surface area contributed by atoms with Crippen molar-refractivity contribution in [3.8, 4) is 0 Å². The van der Waals surface area contributed by atoms with Gasteiger partial charge < -0.3 is 15.7 Å². The molecule has 3 atom stereocenters. The number of amides is 2. The maximum Gasteiger partial charge on any atom is 0.315 e. The molecular weight excluding hydrogens is 292 g/mol. The molecule has 0 spiro atoms. The largest absolute Gasteiger partial charge is 0.481 e. The Morgan fingerprint density at radius 2 is 1.95 bits per heavy atom. The summed E-state index contributed by atoms with van der Waals surface area (Å²) in [7, 11) is 0. The second-order valence-corrected chi connectivity index (χ2v) is 5.50. The monoisotopic (exact) mass is 308 g/mol. The van der Waals surface area contributed by atoms with Crippen LogP contribution in [0.2, 0.25) is 5.02 Å². The van der Waals surface area contributed by atoms with Crippen molar-refractivity contribution in [1.82, 2.24) is 10.6 Å². The minimum atomic E-state index is -0.870. The fourth-order valence-electron chi connectivity index (χ4n) is 2.23. The predicted octanol–water partition coefficient (Wildman–Crippen LogP) is 2.73. The van der Waals surface area contributed by atoms with Gasteiger partial charge in [-0.25, -0.2) is 4.79 Å². The Hall–Kier alpha value is -2.01. The SMILES string of the molecule is CC(NC(=O)NC1C=CC(C(=O)O)C1)c1ccc(Cl)cc1. The maximum absolute atomic E-state index is 11.9. The van der Waals surface area contributed by atoms with E-state index in [1.54, 1.807) is 24.3 Å². The normalized spacial score (nSPS) is 21.8. The molecule has 0 bridgehead atoms. The molecule has 0 saturated carbocycles. The van der Waals surface area contributed by atoms with Crippen LogP contribution in [-0.2, 0) is 4.79 Å². The summed E-state index contributed by atoms with van der Waals surface area (Å²) in [5.41, 5.74) is 0.944. The molecule has 0 heterocycles. The molecule has 6 heteroatoms. The lowest BCUT2D eigenvalue weighted by Crippen LogP contribution is -2.42. The van der Waals surface area contributed by atoms with Gasteiger partial charge in [0.25, 0.3) is 0 Å². The second-order valence-electron chi connectivity index (χ2n) is 5.06. The maximum atomic E-state index is 11.9. The number of hydrogen-bond donors (Lipinski definition) is 3. The van der Waals surface area contributed by atoms with Crippen molar-refractivity contribution < 1.29 is 14.7 Å². The highest BCUT2D eigenvalue weighted by Crippen LogP contribution is 2.18. The lowest BCUT2D eigenvalue weighted by Gasteiger charge is -2.17. The quantitative estimate of drug-likeness (QED) is 0.748. The zero-order valence-electron chi connectivity index (χ0n) is 11.5. The molecule has 21 heavy (non-hydrogen) atoms. The summed E-state index contributed by atoms with van der Waals surface area (Å²) in [4.78, 5) is 22.7. The third-order valence-electron chi connectivity index (χ3n) is 3.43. The van der Waals surface area contributed by atoms with Gasteiger partial charge in [-0.15, -0.1) is 0 Å². The van der Waals surface area contributed by atoms with Gasteiger partial charge in [-0.1, -0.05) is 35.9 Å². The van der Waals surface area contributed by atoms with Crippen LogP contribution in [0.5, 0.6) is 0 Å². The first-order chi connectivity index (χ1) is 9.95. The van der Waals surface area contributed by atoms with Crippen LogP contribution in [0.1, 0.15) is 24.9 Å². The van der Waals surface area contributed by atoms with Crippen molar-refractivity contribution in [3.05, 3.63) is 47.0 Å². The fraction of sp³-hybridized carbons (Fsp3) is 0.333. The van der Waals surface area contributed by atoms with Gasteiger partial charge in [0.2, 0.25) is 0 Å². The molecule has 2 rings (SSSR count). The predicted molar refractivity (Wildman–Crippen MR) is 80.2 cm³/mol. The molecule has 0 aliphatic heterocycles. The standard InChI is InChI=1S/C15H17ClN2O3/c1-9(10-2-5-12(16)6-3-10)17-15(21)18-13-7-4-11(8-13)14(19)20/h2-7,9,11,13H,8H2,1H3,(H,19,20)(H2,17,18,21). The third kappa shape index (κ3) is 4.23. The van der Waals surface area contributed by atoms with Crippen molar-refractivity contribution in [2.24, 2.45) is 5.92 Å². The lowest BCUT2D eigenvalue weighted by molar-refractivity contribution is -0.140. The molecule has 0 radical (unpaired) electrons. The number of carboxylic acids is 1. The summed E-state index contributed by atoms with van der Waals surface area (Å²) >= 11 is 5.82. The number of carbonyl (C=O) groups is 2. The average Bonchev–Trinajstić information content (AvgIpc) is 2.87. The topological polar surface area (TPSA) is 78.4 Å². The van der Waals surface area contributed by atoms with E-state index in [4.69, 9.17) is 16.7 Å². The van der Waals surface area contributed by atoms with Gasteiger partial charge >= 0.3 is 12.0 Å². The number of rotatable bonds is 4. The highest BCUT2D eigenvalue weighted by Gasteiger charge is 2.25. The number of urea groups is 1. The molecule has 1 aliphatic carbocycles. The van der Waals surface area contributed by atoms with Crippen LogP contribution in [0, 0.1) is 5.92 Å². The van der Waals surface area contributed by atoms with Crippen LogP contribution >= 0.6 is 11.6 Å². The third-order valence-corrected chi connectivity index (χ3v) is 3.69. The Morgan fingerprint density at radius 1 is 1.29 bits per heavy atom. The minimum Gasteiger partial charge on any atom is -0.481 e. The number of aliphatic carboxylic acids is 1. The molecular formula is C15H17ClN2O3. The molecule has 5 nitrogen and oxygen atoms in total. The Bertz CT molecular complexity index is 557. The first-order valence-corrected chi connectivity index (χ1v) is 7.07. The molecule has 112 valence electrons. The second kappa shape index (κ2) is 6.63. The molecule has 0 aromatic heterocycles. The summed E-state index contributed by atoms with van der Waals surface area (Å²) in [6.45, 7) is 1.87. The van der Waals surface area contributed by atoms with Gasteiger partial charge in [0.15, 0.2) is 0 Å². The number of benzene rings is 1. The van der Waals surface area contributed by atoms with Crippen LogP contribution in [0.4, 0.5) is 4.79 Å². The summed E-state index contributed by atoms with van der Waals surface area (Å²) in [6.07, 6.45) is 3.71. The minimum absolute atomic E-state index is 0.164. The zero-order chi connectivity index (χ0) is 15.4. The van der Waals surface area contributed by atoms with Crippen molar-refractivity contribution in [2.45, 2.75) is 25.4 Å². The fourth-order valence-corrected chi connectivity index (χ4v) is 2.36. The average molecular weight is 309 g/mol. The van der Waals surface area contributed by atoms with Crippen LogP contribution in [0.25, 0.3) is 0 Å². The van der Waals surface area contributed by atoms with E-state index in [0.29, 0.717) is 11.4 Å². The summed E-state index contributed by atoms with van der Waals surface area (Å²) in [5.74, 6) is -1.39. The van der Waals surface area contributed by atoms with E-state index in [9.17, 15) is 9.59 Å². The Kier molecular flexibility index (Phi) is 4.85. The van der Waals surface area contributed by atoms with Gasteiger partial charge in [0, 0.05) is 5.02 Å². The molecule has 1 aromatic carbocycles. The van der Waals surface area contributed by atoms with Crippen molar-refractivity contribution in [1.29, 1.82) is 0 Å². The van der Waals surface area contributed by atoms with Crippen molar-refractivity contribution in [2.75, 3.05) is 0 Å². The zero-order valence-corrected chi connectivity index (χ0v) is 12.3. The van der Waals surface area contributed by atoms with E-state index in [1.165, 1.54) is 0 Å². The van der Waals surface area contributed by atoms with Gasteiger partial charge in [0.1, 0.15) is 0 Å². The number of nitrogens with one attached hydrogen (secondary N) is 2. The summed E-state index contributed by atoms with van der Waals surface area (Å²) < 4.78 is 0. The highest BCUT2D eigenvalue weighted by atomic mass is 35.5. The molecule has 1 aliphatic rings. The summed E-state index contributed by atoms with van der Waals surface area (Å²) in [6, 6.07) is 6.50. The van der Waals surface area contributed by atoms with Crippen molar-refractivity contribution in [3.63, 3.8) is 0 Å². The van der Waals surface area contributed by atoms with Crippen LogP contribution in [0.15, 0.2) is 36.4 Å². The Labute approximate surface area is 128 Å². The number of carbonyl (C=O) groups excluding carboxylic acids is 1. The van der Waals surface area contributed by atoms with E-state index in [0.717, 1.165) is 5.56 Å². The van der Waals surface area contributed by atoms with Gasteiger partial charge in [-0.2, -0.15) is 0 Å². The van der Waals surface area contributed by atoms with Crippen LogP contribution < -0.4 is 10.6 Å². The van der Waals surface area contributed by atoms with E-state index < -0.39 is 11.9 Å². The Balaban J connectivity index is 1.84. The van der Waals surface area contributed by atoms with Crippen LogP contribution in [0.3, 0.4) is 0 Å². The van der Waals surface area contributed by atoms with Gasteiger partial charge in [-0.05, 0) is 31.0 Å².